The predicted molar refractivity (Wildman–Crippen MR) is 109 cm³/mol. The van der Waals surface area contributed by atoms with E-state index in [0.29, 0.717) is 19.3 Å². The Morgan fingerprint density at radius 2 is 1.30 bits per heavy atom. The lowest BCUT2D eigenvalue weighted by Crippen LogP contribution is -2.32. The number of sulfone groups is 1. The Bertz CT molecular complexity index is 786. The van der Waals surface area contributed by atoms with Crippen molar-refractivity contribution in [3.8, 4) is 0 Å². The average molecular weight is 389 g/mol. The summed E-state index contributed by atoms with van der Waals surface area (Å²) in [5, 5.41) is 8.09. The molecule has 0 bridgehead atoms. The van der Waals surface area contributed by atoms with Crippen molar-refractivity contribution in [2.45, 2.75) is 50.2 Å². The van der Waals surface area contributed by atoms with E-state index < -0.39 is 21.1 Å². The van der Waals surface area contributed by atoms with Gasteiger partial charge in [-0.25, -0.2) is 8.42 Å². The van der Waals surface area contributed by atoms with Gasteiger partial charge in [0.25, 0.3) is 0 Å². The number of carboxylic acids is 1. The van der Waals surface area contributed by atoms with Crippen molar-refractivity contribution in [2.75, 3.05) is 5.75 Å². The molecule has 0 radical (unpaired) electrons. The molecule has 2 aromatic carbocycles. The van der Waals surface area contributed by atoms with Crippen LogP contribution in [-0.2, 0) is 27.5 Å². The van der Waals surface area contributed by atoms with Gasteiger partial charge in [0.05, 0.1) is 5.75 Å². The van der Waals surface area contributed by atoms with E-state index in [-0.39, 0.29) is 12.2 Å². The average Bonchev–Trinajstić information content (AvgIpc) is 2.65. The van der Waals surface area contributed by atoms with E-state index in [4.69, 9.17) is 0 Å². The van der Waals surface area contributed by atoms with Crippen molar-refractivity contribution < 1.29 is 18.3 Å². The number of hydrogen-bond acceptors (Lipinski definition) is 3. The first-order valence-electron chi connectivity index (χ1n) is 9.51. The Morgan fingerprint density at radius 1 is 0.778 bits per heavy atom. The molecule has 0 aliphatic carbocycles. The number of aryl methyl sites for hydroxylation is 2. The van der Waals surface area contributed by atoms with Gasteiger partial charge in [-0.3, -0.25) is 4.79 Å². The highest BCUT2D eigenvalue weighted by molar-refractivity contribution is 7.92. The summed E-state index contributed by atoms with van der Waals surface area (Å²) in [6.45, 7) is 0. The molecule has 1 unspecified atom stereocenters. The maximum Gasteiger partial charge on any atom is 0.321 e. The fourth-order valence-electron chi connectivity index (χ4n) is 3.20. The summed E-state index contributed by atoms with van der Waals surface area (Å²) in [5.41, 5.74) is 2.32. The Balaban J connectivity index is 1.75. The smallest absolute Gasteiger partial charge is 0.321 e. The second-order valence-electron chi connectivity index (χ2n) is 6.87. The van der Waals surface area contributed by atoms with Crippen molar-refractivity contribution in [3.63, 3.8) is 0 Å². The normalized spacial score (nSPS) is 12.6. The third-order valence-corrected chi connectivity index (χ3v) is 6.88. The molecule has 5 heteroatoms. The largest absolute Gasteiger partial charge is 0.480 e. The molecule has 2 aromatic rings. The van der Waals surface area contributed by atoms with Gasteiger partial charge in [-0.05, 0) is 43.2 Å². The Labute approximate surface area is 162 Å². The molecule has 146 valence electrons. The van der Waals surface area contributed by atoms with E-state index in [9.17, 15) is 18.3 Å². The van der Waals surface area contributed by atoms with Crippen molar-refractivity contribution in [1.82, 2.24) is 0 Å². The minimum Gasteiger partial charge on any atom is -0.480 e. The molecule has 0 spiro atoms. The van der Waals surface area contributed by atoms with Crippen LogP contribution >= 0.6 is 0 Å². The Hall–Kier alpha value is -2.14. The highest BCUT2D eigenvalue weighted by Crippen LogP contribution is 2.16. The molecule has 0 saturated carbocycles. The zero-order valence-corrected chi connectivity index (χ0v) is 16.4. The van der Waals surface area contributed by atoms with Crippen LogP contribution in [0.4, 0.5) is 0 Å². The SMILES string of the molecule is O=C(O)C(CCCCCc1ccccc1)S(=O)(=O)CCCc1ccccc1. The van der Waals surface area contributed by atoms with Crippen LogP contribution < -0.4 is 0 Å². The number of carbonyl (C=O) groups is 1. The van der Waals surface area contributed by atoms with E-state index in [0.717, 1.165) is 24.8 Å². The number of benzene rings is 2. The maximum atomic E-state index is 12.5. The van der Waals surface area contributed by atoms with E-state index in [2.05, 4.69) is 12.1 Å². The number of aliphatic carboxylic acids is 1. The third-order valence-electron chi connectivity index (χ3n) is 4.72. The number of rotatable bonds is 12. The van der Waals surface area contributed by atoms with Gasteiger partial charge < -0.3 is 5.11 Å². The van der Waals surface area contributed by atoms with Crippen molar-refractivity contribution in [2.24, 2.45) is 0 Å². The summed E-state index contributed by atoms with van der Waals surface area (Å²) in [4.78, 5) is 11.5. The fraction of sp³-hybridized carbons (Fsp3) is 0.409. The molecule has 1 N–H and O–H groups in total. The zero-order valence-electron chi connectivity index (χ0n) is 15.6. The Kier molecular flexibility index (Phi) is 8.52. The second kappa shape index (κ2) is 10.9. The number of carboxylic acid groups (broad SMARTS) is 1. The Morgan fingerprint density at radius 3 is 1.81 bits per heavy atom. The van der Waals surface area contributed by atoms with Crippen LogP contribution in [0.3, 0.4) is 0 Å². The quantitative estimate of drug-likeness (QED) is 0.551. The first kappa shape index (κ1) is 21.2. The highest BCUT2D eigenvalue weighted by Gasteiger charge is 2.31. The highest BCUT2D eigenvalue weighted by atomic mass is 32.2. The summed E-state index contributed by atoms with van der Waals surface area (Å²) >= 11 is 0. The molecule has 1 atom stereocenters. The summed E-state index contributed by atoms with van der Waals surface area (Å²) < 4.78 is 24.9. The molecule has 0 aliphatic rings. The van der Waals surface area contributed by atoms with Gasteiger partial charge in [0.1, 0.15) is 0 Å². The van der Waals surface area contributed by atoms with Crippen LogP contribution in [0.25, 0.3) is 0 Å². The van der Waals surface area contributed by atoms with Crippen LogP contribution in [0.1, 0.15) is 43.2 Å². The molecule has 0 amide bonds. The van der Waals surface area contributed by atoms with Crippen molar-refractivity contribution >= 4 is 15.8 Å². The molecule has 0 heterocycles. The van der Waals surface area contributed by atoms with Crippen LogP contribution in [0.2, 0.25) is 0 Å². The van der Waals surface area contributed by atoms with Crippen molar-refractivity contribution in [3.05, 3.63) is 71.8 Å². The zero-order chi connectivity index (χ0) is 19.5. The van der Waals surface area contributed by atoms with Gasteiger partial charge in [-0.15, -0.1) is 0 Å². The van der Waals surface area contributed by atoms with Crippen LogP contribution in [0.5, 0.6) is 0 Å². The monoisotopic (exact) mass is 388 g/mol. The molecule has 27 heavy (non-hydrogen) atoms. The molecular weight excluding hydrogens is 360 g/mol. The minimum absolute atomic E-state index is 0.0805. The molecule has 2 rings (SSSR count). The van der Waals surface area contributed by atoms with Gasteiger partial charge in [0, 0.05) is 0 Å². The van der Waals surface area contributed by atoms with Crippen LogP contribution in [-0.4, -0.2) is 30.5 Å². The number of hydrogen-bond donors (Lipinski definition) is 1. The van der Waals surface area contributed by atoms with Crippen LogP contribution in [0.15, 0.2) is 60.7 Å². The molecule has 0 aliphatic heterocycles. The minimum atomic E-state index is -3.63. The topological polar surface area (TPSA) is 71.4 Å². The fourth-order valence-corrected chi connectivity index (χ4v) is 4.87. The molecule has 0 saturated heterocycles. The molecule has 0 fully saturated rings. The van der Waals surface area contributed by atoms with E-state index >= 15 is 0 Å². The van der Waals surface area contributed by atoms with Gasteiger partial charge in [-0.2, -0.15) is 0 Å². The van der Waals surface area contributed by atoms with Gasteiger partial charge in [0.2, 0.25) is 0 Å². The predicted octanol–water partition coefficient (Wildman–Crippen LogP) is 4.29. The number of unbranched alkanes of at least 4 members (excludes halogenated alkanes) is 2. The van der Waals surface area contributed by atoms with Gasteiger partial charge >= 0.3 is 5.97 Å². The summed E-state index contributed by atoms with van der Waals surface area (Å²) in [6, 6.07) is 19.8. The molecule has 4 nitrogen and oxygen atoms in total. The summed E-state index contributed by atoms with van der Waals surface area (Å²) in [5.74, 6) is -1.30. The third kappa shape index (κ3) is 7.55. The summed E-state index contributed by atoms with van der Waals surface area (Å²) in [7, 11) is -3.63. The molecular formula is C22H28O4S. The maximum absolute atomic E-state index is 12.5. The standard InChI is InChI=1S/C22H28O4S/c23-22(24)21(17-9-3-8-13-19-11-4-1-5-12-19)27(25,26)18-10-16-20-14-6-2-7-15-20/h1-2,4-7,11-12,14-15,21H,3,8-10,13,16-18H2,(H,23,24). The lowest BCUT2D eigenvalue weighted by molar-refractivity contribution is -0.136. The van der Waals surface area contributed by atoms with E-state index in [1.54, 1.807) is 0 Å². The van der Waals surface area contributed by atoms with Crippen molar-refractivity contribution in [1.29, 1.82) is 0 Å². The second-order valence-corrected chi connectivity index (χ2v) is 9.17. The lowest BCUT2D eigenvalue weighted by Gasteiger charge is -2.13. The molecule has 0 aromatic heterocycles. The first-order valence-corrected chi connectivity index (χ1v) is 11.2. The van der Waals surface area contributed by atoms with E-state index in [1.807, 2.05) is 48.5 Å². The van der Waals surface area contributed by atoms with Gasteiger partial charge in [-0.1, -0.05) is 73.5 Å². The summed E-state index contributed by atoms with van der Waals surface area (Å²) in [6.07, 6.45) is 4.60. The van der Waals surface area contributed by atoms with Gasteiger partial charge in [0.15, 0.2) is 15.1 Å². The lowest BCUT2D eigenvalue weighted by atomic mass is 10.1. The van der Waals surface area contributed by atoms with Crippen LogP contribution in [0, 0.1) is 0 Å². The van der Waals surface area contributed by atoms with E-state index in [1.165, 1.54) is 5.56 Å². The first-order chi connectivity index (χ1) is 13.0.